The van der Waals surface area contributed by atoms with Gasteiger partial charge in [-0.1, -0.05) is 177 Å². The third-order valence-corrected chi connectivity index (χ3v) is 15.5. The number of rotatable bonds is 6. The van der Waals surface area contributed by atoms with E-state index in [1.54, 1.807) is 0 Å². The van der Waals surface area contributed by atoms with Crippen LogP contribution >= 0.6 is 0 Å². The molecule has 0 saturated carbocycles. The predicted octanol–water partition coefficient (Wildman–Crippen LogP) is -2.87. The van der Waals surface area contributed by atoms with E-state index in [0.717, 1.165) is 0 Å². The molecule has 2 aromatic heterocycles. The van der Waals surface area contributed by atoms with E-state index < -0.39 is 0 Å². The Hall–Kier alpha value is -6.77. The molecule has 9 aromatic carbocycles. The van der Waals surface area contributed by atoms with Crippen LogP contribution in [0.25, 0.3) is 99.5 Å². The third-order valence-electron chi connectivity index (χ3n) is 15.5. The minimum atomic E-state index is 1.17. The van der Waals surface area contributed by atoms with Crippen LogP contribution in [0.3, 0.4) is 0 Å². The van der Waals surface area contributed by atoms with Crippen molar-refractivity contribution in [3.63, 3.8) is 0 Å². The lowest BCUT2D eigenvalue weighted by atomic mass is 9.62. The molecule has 12 heteroatoms. The maximum atomic E-state index is 2.59. The number of fused-ring (bicyclic) bond motifs is 6. The highest BCUT2D eigenvalue weighted by Gasteiger charge is 2.28. The molecule has 0 atom stereocenters. The Balaban J connectivity index is 1.20. The van der Waals surface area contributed by atoms with Gasteiger partial charge in [-0.3, -0.25) is 0 Å². The monoisotopic (exact) mass is 832 g/mol. The molecule has 0 aliphatic heterocycles. The Morgan fingerprint density at radius 1 is 0.258 bits per heavy atom. The van der Waals surface area contributed by atoms with Gasteiger partial charge in [0.25, 0.3) is 0 Å². The van der Waals surface area contributed by atoms with E-state index in [2.05, 4.69) is 245 Å². The molecule has 0 unspecified atom stereocenters. The Labute approximate surface area is 397 Å². The summed E-state index contributed by atoms with van der Waals surface area (Å²) in [4.78, 5) is 0. The van der Waals surface area contributed by atoms with Gasteiger partial charge in [-0.2, -0.15) is 0 Å². The van der Waals surface area contributed by atoms with Crippen molar-refractivity contribution in [2.24, 2.45) is 0 Å². The zero-order valence-electron chi connectivity index (χ0n) is 39.9. The van der Waals surface area contributed by atoms with E-state index in [9.17, 15) is 0 Å². The molecule has 0 bridgehead atoms. The second-order valence-corrected chi connectivity index (χ2v) is 18.8. The van der Waals surface area contributed by atoms with Crippen LogP contribution in [-0.2, 0) is 0 Å². The zero-order chi connectivity index (χ0) is 45.7. The molecule has 302 valence electrons. The molecular formula is C54H46B10N2. The van der Waals surface area contributed by atoms with Crippen molar-refractivity contribution in [2.45, 2.75) is 0 Å². The van der Waals surface area contributed by atoms with E-state index in [-0.39, 0.29) is 0 Å². The average molecular weight is 831 g/mol. The molecule has 2 nitrogen and oxygen atoms in total. The number of benzene rings is 9. The highest BCUT2D eigenvalue weighted by molar-refractivity contribution is 6.70. The van der Waals surface area contributed by atoms with Crippen LogP contribution in [0.4, 0.5) is 0 Å². The summed E-state index contributed by atoms with van der Waals surface area (Å²) < 4.78 is 5.12. The molecule has 66 heavy (non-hydrogen) atoms. The molecule has 0 N–H and O–H groups in total. The van der Waals surface area contributed by atoms with Crippen LogP contribution in [0.2, 0.25) is 0 Å². The fourth-order valence-electron chi connectivity index (χ4n) is 11.5. The van der Waals surface area contributed by atoms with Crippen LogP contribution < -0.4 is 54.6 Å². The number of hydrogen-bond donors (Lipinski definition) is 0. The Morgan fingerprint density at radius 3 is 1.09 bits per heavy atom. The van der Waals surface area contributed by atoms with Gasteiger partial charge in [-0.05, 0) is 80.2 Å². The minimum Gasteiger partial charge on any atom is -0.310 e. The zero-order valence-corrected chi connectivity index (χ0v) is 39.9. The van der Waals surface area contributed by atoms with E-state index in [1.807, 2.05) is 0 Å². The normalized spacial score (nSPS) is 11.6. The van der Waals surface area contributed by atoms with E-state index in [4.69, 9.17) is 0 Å². The number of aromatic nitrogens is 2. The van der Waals surface area contributed by atoms with Crippen LogP contribution in [0.5, 0.6) is 0 Å². The minimum absolute atomic E-state index is 1.17. The largest absolute Gasteiger partial charge is 0.310 e. The van der Waals surface area contributed by atoms with E-state index in [0.29, 0.717) is 0 Å². The third kappa shape index (κ3) is 6.24. The topological polar surface area (TPSA) is 9.86 Å². The maximum absolute atomic E-state index is 2.59. The first-order valence-corrected chi connectivity index (χ1v) is 23.5. The van der Waals surface area contributed by atoms with Crippen molar-refractivity contribution in [3.8, 4) is 55.9 Å². The summed E-state index contributed by atoms with van der Waals surface area (Å²) in [6.45, 7) is 0. The first-order chi connectivity index (χ1) is 32.0. The second kappa shape index (κ2) is 16.0. The molecule has 11 rings (SSSR count). The highest BCUT2D eigenvalue weighted by atomic mass is 15.0. The van der Waals surface area contributed by atoms with Crippen LogP contribution in [0.15, 0.2) is 158 Å². The van der Waals surface area contributed by atoms with Gasteiger partial charge in [0.1, 0.15) is 78.5 Å². The van der Waals surface area contributed by atoms with Crippen molar-refractivity contribution in [3.05, 3.63) is 158 Å². The predicted molar refractivity (Wildman–Crippen MR) is 319 cm³/mol. The molecular weight excluding hydrogens is 785 g/mol. The number of hydrogen-bond acceptors (Lipinski definition) is 0. The molecule has 0 radical (unpaired) electrons. The summed E-state index contributed by atoms with van der Waals surface area (Å²) in [5.74, 6) is 0. The van der Waals surface area contributed by atoms with Gasteiger partial charge in [0.15, 0.2) is 0 Å². The summed E-state index contributed by atoms with van der Waals surface area (Å²) in [6.07, 6.45) is 0. The van der Waals surface area contributed by atoms with Crippen molar-refractivity contribution in [1.29, 1.82) is 0 Å². The van der Waals surface area contributed by atoms with Gasteiger partial charge in [0.2, 0.25) is 0 Å². The molecule has 0 spiro atoms. The van der Waals surface area contributed by atoms with Crippen molar-refractivity contribution < 1.29 is 0 Å². The second-order valence-electron chi connectivity index (χ2n) is 18.8. The SMILES string of the molecule is Bc1c(B)c(B)c2c(c1B)c1c(B)c(-c3c(B)c(B)c4c(c3B)c3ccc(-c5ccccc5)cc3n4-c3ccc(-c4ccccc4)cc3)c(B)c(B)c1n2-c1ccc(-c2ccccc2)cc1. The quantitative estimate of drug-likeness (QED) is 0.160. The number of nitrogens with zero attached hydrogens (tertiary/aromatic N) is 2. The average Bonchev–Trinajstić information content (AvgIpc) is 3.90. The van der Waals surface area contributed by atoms with E-state index >= 15 is 0 Å². The Kier molecular flexibility index (Phi) is 10.1. The molecule has 0 aliphatic carbocycles. The van der Waals surface area contributed by atoms with Crippen molar-refractivity contribution >= 4 is 177 Å². The molecule has 11 aromatic rings. The molecule has 0 saturated heterocycles. The first kappa shape index (κ1) is 41.9. The first-order valence-electron chi connectivity index (χ1n) is 23.5. The molecule has 0 amide bonds. The van der Waals surface area contributed by atoms with Crippen molar-refractivity contribution in [1.82, 2.24) is 9.13 Å². The molecule has 0 aliphatic rings. The Bertz CT molecular complexity index is 3770. The van der Waals surface area contributed by atoms with E-state index in [1.165, 1.54) is 154 Å². The molecule has 2 heterocycles. The molecule has 0 fully saturated rings. The van der Waals surface area contributed by atoms with Gasteiger partial charge >= 0.3 is 0 Å². The lowest BCUT2D eigenvalue weighted by Crippen LogP contribution is -2.48. The summed E-state index contributed by atoms with van der Waals surface area (Å²) >= 11 is 0. The van der Waals surface area contributed by atoms with Gasteiger partial charge in [0.05, 0.1) is 5.52 Å². The van der Waals surface area contributed by atoms with Crippen molar-refractivity contribution in [2.75, 3.05) is 0 Å². The fourth-order valence-corrected chi connectivity index (χ4v) is 11.5. The lowest BCUT2D eigenvalue weighted by molar-refractivity contribution is 1.19. The van der Waals surface area contributed by atoms with Gasteiger partial charge < -0.3 is 9.13 Å². The summed E-state index contributed by atoms with van der Waals surface area (Å²) in [6, 6.07) is 57.7. The summed E-state index contributed by atoms with van der Waals surface area (Å²) in [5.41, 5.74) is 31.0. The lowest BCUT2D eigenvalue weighted by Gasteiger charge is -2.24. The van der Waals surface area contributed by atoms with Gasteiger partial charge in [-0.25, -0.2) is 0 Å². The van der Waals surface area contributed by atoms with Crippen LogP contribution in [0.1, 0.15) is 0 Å². The standard InChI is InChI=1S/C54H46B10N2/c55-42-37-35-25-20-32(29-14-8-3-9-15-29)26-36(35)65(33-21-16-30(17-22-33)27-10-4-1-5-11-27)52(37)49(62)44(57)38(42)39-43(56)40-41-46(59)47(60)48(61)51(64)54(41)66(53(40)50(63)45(39)58)34-23-18-31(19-24-34)28-12-6-2-7-13-28/h1-26H,55-64H2. The smallest absolute Gasteiger partial charge is 0.141 e. The van der Waals surface area contributed by atoms with Crippen LogP contribution in [-0.4, -0.2) is 87.6 Å². The fraction of sp³-hybridized carbons (Fsp3) is 0. The Morgan fingerprint density at radius 2 is 0.606 bits per heavy atom. The summed E-state index contributed by atoms with van der Waals surface area (Å²) in [5, 5.41) is 5.34. The van der Waals surface area contributed by atoms with Gasteiger partial charge in [0, 0.05) is 44.1 Å². The maximum Gasteiger partial charge on any atom is 0.141 e. The van der Waals surface area contributed by atoms with Crippen LogP contribution in [0, 0.1) is 0 Å². The summed E-state index contributed by atoms with van der Waals surface area (Å²) in [7, 11) is 23.5. The highest BCUT2D eigenvalue weighted by Crippen LogP contribution is 2.36. The van der Waals surface area contributed by atoms with Gasteiger partial charge in [-0.15, -0.1) is 5.46 Å².